The number of benzene rings is 1. The first-order chi connectivity index (χ1) is 11.6. The maximum absolute atomic E-state index is 6.10. The lowest BCUT2D eigenvalue weighted by Gasteiger charge is -2.18. The van der Waals surface area contributed by atoms with Crippen molar-refractivity contribution in [1.29, 1.82) is 0 Å². The van der Waals surface area contributed by atoms with Crippen LogP contribution in [0.25, 0.3) is 0 Å². The number of hydrogen-bond donors (Lipinski definition) is 2. The summed E-state index contributed by atoms with van der Waals surface area (Å²) in [5.74, 6) is 1.41. The molecule has 0 fully saturated rings. The van der Waals surface area contributed by atoms with Crippen LogP contribution in [-0.2, 0) is 13.0 Å². The van der Waals surface area contributed by atoms with Gasteiger partial charge in [0.1, 0.15) is 16.9 Å². The first-order valence-electron chi connectivity index (χ1n) is 7.91. The van der Waals surface area contributed by atoms with E-state index in [1.165, 1.54) is 4.88 Å². The second-order valence-corrected chi connectivity index (χ2v) is 6.85. The third-order valence-electron chi connectivity index (χ3n) is 3.30. The minimum Gasteiger partial charge on any atom is -0.487 e. The molecule has 138 valence electrons. The molecule has 0 spiro atoms. The molecule has 0 amide bonds. The van der Waals surface area contributed by atoms with Crippen LogP contribution in [0, 0.1) is 0 Å². The van der Waals surface area contributed by atoms with Gasteiger partial charge in [0.05, 0.1) is 18.1 Å². The molecule has 0 aliphatic rings. The summed E-state index contributed by atoms with van der Waals surface area (Å²) >= 11 is 7.82. The van der Waals surface area contributed by atoms with Gasteiger partial charge in [-0.3, -0.25) is 4.99 Å². The van der Waals surface area contributed by atoms with Gasteiger partial charge in [-0.2, -0.15) is 0 Å². The van der Waals surface area contributed by atoms with E-state index in [0.29, 0.717) is 23.9 Å². The van der Waals surface area contributed by atoms with Crippen molar-refractivity contribution < 1.29 is 4.74 Å². The molecule has 0 aliphatic heterocycles. The number of hydrogen-bond acceptors (Lipinski definition) is 4. The summed E-state index contributed by atoms with van der Waals surface area (Å²) in [5.41, 5.74) is 0. The molecule has 0 radical (unpaired) electrons. The summed E-state index contributed by atoms with van der Waals surface area (Å²) in [5, 5.41) is 8.17. The Bertz CT molecular complexity index is 680. The summed E-state index contributed by atoms with van der Waals surface area (Å²) in [7, 11) is 1.74. The van der Waals surface area contributed by atoms with Crippen LogP contribution < -0.4 is 15.4 Å². The molecule has 0 aliphatic carbocycles. The Morgan fingerprint density at radius 2 is 2.12 bits per heavy atom. The minimum absolute atomic E-state index is 0. The van der Waals surface area contributed by atoms with Gasteiger partial charge in [-0.25, -0.2) is 4.98 Å². The molecular weight excluding hydrogens is 471 g/mol. The molecule has 5 nitrogen and oxygen atoms in total. The zero-order valence-corrected chi connectivity index (χ0v) is 18.5. The number of para-hydroxylation sites is 1. The fourth-order valence-corrected chi connectivity index (χ4v) is 2.99. The number of aromatic nitrogens is 1. The first kappa shape index (κ1) is 22.0. The fraction of sp³-hybridized carbons (Fsp3) is 0.412. The number of aliphatic imine (C=N–C) groups is 1. The van der Waals surface area contributed by atoms with Crippen LogP contribution in [0.2, 0.25) is 5.02 Å². The lowest BCUT2D eigenvalue weighted by Crippen LogP contribution is -2.41. The predicted molar refractivity (Wildman–Crippen MR) is 117 cm³/mol. The molecule has 25 heavy (non-hydrogen) atoms. The van der Waals surface area contributed by atoms with Crippen molar-refractivity contribution >= 4 is 52.9 Å². The van der Waals surface area contributed by atoms with Gasteiger partial charge in [-0.15, -0.1) is 35.3 Å². The van der Waals surface area contributed by atoms with Crippen molar-refractivity contribution in [2.75, 3.05) is 13.6 Å². The van der Waals surface area contributed by atoms with Crippen molar-refractivity contribution in [2.24, 2.45) is 4.99 Å². The van der Waals surface area contributed by atoms with E-state index in [1.54, 1.807) is 18.4 Å². The number of nitrogens with one attached hydrogen (secondary N) is 2. The molecule has 2 rings (SSSR count). The highest BCUT2D eigenvalue weighted by Crippen LogP contribution is 2.23. The van der Waals surface area contributed by atoms with Gasteiger partial charge in [0.25, 0.3) is 0 Å². The highest BCUT2D eigenvalue weighted by molar-refractivity contribution is 14.0. The Morgan fingerprint density at radius 1 is 1.36 bits per heavy atom. The van der Waals surface area contributed by atoms with Crippen molar-refractivity contribution in [3.63, 3.8) is 0 Å². The van der Waals surface area contributed by atoms with Gasteiger partial charge in [0.2, 0.25) is 0 Å². The van der Waals surface area contributed by atoms with E-state index in [-0.39, 0.29) is 30.1 Å². The van der Waals surface area contributed by atoms with Gasteiger partial charge >= 0.3 is 0 Å². The molecule has 1 atom stereocenters. The maximum atomic E-state index is 6.10. The standard InChI is InChI=1S/C17H23ClN4OS.HI/c1-4-13-10-20-16(24-13)11-22-17(19-3)21-9-12(2)23-15-8-6-5-7-14(15)18;/h5-8,10,12H,4,9,11H2,1-3H3,(H2,19,21,22);1H. The van der Waals surface area contributed by atoms with Crippen molar-refractivity contribution in [3.05, 3.63) is 45.4 Å². The van der Waals surface area contributed by atoms with Crippen LogP contribution in [0.4, 0.5) is 0 Å². The molecule has 2 N–H and O–H groups in total. The number of guanidine groups is 1. The second-order valence-electron chi connectivity index (χ2n) is 5.24. The van der Waals surface area contributed by atoms with E-state index in [0.717, 1.165) is 17.4 Å². The van der Waals surface area contributed by atoms with Crippen LogP contribution in [-0.4, -0.2) is 30.6 Å². The summed E-state index contributed by atoms with van der Waals surface area (Å²) in [4.78, 5) is 9.89. The molecule has 8 heteroatoms. The van der Waals surface area contributed by atoms with E-state index in [4.69, 9.17) is 16.3 Å². The smallest absolute Gasteiger partial charge is 0.191 e. The molecule has 2 aromatic rings. The Hall–Kier alpha value is -1.06. The maximum Gasteiger partial charge on any atom is 0.191 e. The summed E-state index contributed by atoms with van der Waals surface area (Å²) in [6.45, 7) is 5.39. The average Bonchev–Trinajstić information content (AvgIpc) is 3.05. The van der Waals surface area contributed by atoms with Crippen LogP contribution in [0.15, 0.2) is 35.5 Å². The molecule has 1 heterocycles. The SMILES string of the molecule is CCc1cnc(CNC(=NC)NCC(C)Oc2ccccc2Cl)s1.I. The Balaban J connectivity index is 0.00000312. The lowest BCUT2D eigenvalue weighted by atomic mass is 10.3. The second kappa shape index (κ2) is 11.5. The molecule has 1 aromatic heterocycles. The topological polar surface area (TPSA) is 58.5 Å². The van der Waals surface area contributed by atoms with Gasteiger partial charge in [-0.05, 0) is 25.5 Å². The molecule has 0 saturated heterocycles. The van der Waals surface area contributed by atoms with Crippen molar-refractivity contribution in [3.8, 4) is 5.75 Å². The Labute approximate surface area is 175 Å². The number of rotatable bonds is 7. The van der Waals surface area contributed by atoms with E-state index < -0.39 is 0 Å². The third kappa shape index (κ3) is 7.37. The van der Waals surface area contributed by atoms with E-state index in [9.17, 15) is 0 Å². The van der Waals surface area contributed by atoms with Crippen LogP contribution in [0.1, 0.15) is 23.7 Å². The summed E-state index contributed by atoms with van der Waals surface area (Å²) in [6.07, 6.45) is 2.90. The minimum atomic E-state index is -0.0463. The quantitative estimate of drug-likeness (QED) is 0.346. The van der Waals surface area contributed by atoms with Gasteiger partial charge in [0.15, 0.2) is 5.96 Å². The summed E-state index contributed by atoms with van der Waals surface area (Å²) in [6, 6.07) is 7.46. The van der Waals surface area contributed by atoms with Crippen molar-refractivity contribution in [2.45, 2.75) is 32.9 Å². The lowest BCUT2D eigenvalue weighted by molar-refractivity contribution is 0.224. The first-order valence-corrected chi connectivity index (χ1v) is 9.11. The van der Waals surface area contributed by atoms with Gasteiger partial charge < -0.3 is 15.4 Å². The predicted octanol–water partition coefficient (Wildman–Crippen LogP) is 4.11. The number of halogens is 2. The fourth-order valence-electron chi connectivity index (χ4n) is 2.01. The molecule has 1 aromatic carbocycles. The summed E-state index contributed by atoms with van der Waals surface area (Å²) < 4.78 is 5.83. The number of ether oxygens (including phenoxy) is 1. The van der Waals surface area contributed by atoms with E-state index in [1.807, 2.05) is 37.4 Å². The van der Waals surface area contributed by atoms with Crippen LogP contribution >= 0.6 is 46.9 Å². The third-order valence-corrected chi connectivity index (χ3v) is 4.76. The van der Waals surface area contributed by atoms with Gasteiger partial charge in [-0.1, -0.05) is 30.7 Å². The largest absolute Gasteiger partial charge is 0.487 e. The van der Waals surface area contributed by atoms with Crippen LogP contribution in [0.5, 0.6) is 5.75 Å². The highest BCUT2D eigenvalue weighted by Gasteiger charge is 2.08. The van der Waals surface area contributed by atoms with E-state index in [2.05, 4.69) is 27.5 Å². The number of thiazole rings is 1. The Morgan fingerprint density at radius 3 is 2.76 bits per heavy atom. The van der Waals surface area contributed by atoms with E-state index >= 15 is 0 Å². The zero-order chi connectivity index (χ0) is 17.4. The Kier molecular flexibility index (Phi) is 10.1. The van der Waals surface area contributed by atoms with Crippen LogP contribution in [0.3, 0.4) is 0 Å². The highest BCUT2D eigenvalue weighted by atomic mass is 127. The molecular formula is C17H24ClIN4OS. The monoisotopic (exact) mass is 494 g/mol. The number of aryl methyl sites for hydroxylation is 1. The molecule has 1 unspecified atom stereocenters. The molecule has 0 bridgehead atoms. The normalized spacial score (nSPS) is 12.2. The van der Waals surface area contributed by atoms with Crippen molar-refractivity contribution in [1.82, 2.24) is 15.6 Å². The van der Waals surface area contributed by atoms with Gasteiger partial charge in [0, 0.05) is 18.1 Å². The zero-order valence-electron chi connectivity index (χ0n) is 14.6. The molecule has 0 saturated carbocycles. The average molecular weight is 495 g/mol. The number of nitrogens with zero attached hydrogens (tertiary/aromatic N) is 2.